The lowest BCUT2D eigenvalue weighted by Crippen LogP contribution is -2.48. The van der Waals surface area contributed by atoms with Crippen LogP contribution in [0.3, 0.4) is 0 Å². The Morgan fingerprint density at radius 3 is 2.21 bits per heavy atom. The summed E-state index contributed by atoms with van der Waals surface area (Å²) in [7, 11) is 0. The third-order valence-corrected chi connectivity index (χ3v) is 8.39. The van der Waals surface area contributed by atoms with Gasteiger partial charge >= 0.3 is 0 Å². The highest BCUT2D eigenvalue weighted by molar-refractivity contribution is 5.70. The predicted octanol–water partition coefficient (Wildman–Crippen LogP) is 5.35. The fraction of sp³-hybridized carbons (Fsp3) is 0.364. The molecule has 2 fully saturated rings. The number of nitro benzene ring substituents is 1. The maximum absolute atomic E-state index is 11.0. The number of piperidine rings is 1. The minimum atomic E-state index is -0.351. The van der Waals surface area contributed by atoms with E-state index in [-0.39, 0.29) is 10.6 Å². The first kappa shape index (κ1) is 27.9. The van der Waals surface area contributed by atoms with E-state index in [4.69, 9.17) is 5.10 Å². The van der Waals surface area contributed by atoms with Gasteiger partial charge in [0.25, 0.3) is 5.69 Å². The number of anilines is 2. The van der Waals surface area contributed by atoms with E-state index in [1.807, 2.05) is 35.0 Å². The minimum Gasteiger partial charge on any atom is -0.372 e. The molecule has 4 aromatic rings. The van der Waals surface area contributed by atoms with E-state index >= 15 is 0 Å². The zero-order valence-corrected chi connectivity index (χ0v) is 24.1. The normalized spacial score (nSPS) is 16.1. The maximum atomic E-state index is 11.0. The summed E-state index contributed by atoms with van der Waals surface area (Å²) >= 11 is 0. The highest BCUT2D eigenvalue weighted by Crippen LogP contribution is 2.29. The largest absolute Gasteiger partial charge is 0.372 e. The summed E-state index contributed by atoms with van der Waals surface area (Å²) in [6.07, 6.45) is 6.01. The molecular weight excluding hydrogens is 526 g/mol. The Hall–Kier alpha value is -4.21. The van der Waals surface area contributed by atoms with Crippen molar-refractivity contribution in [3.05, 3.63) is 101 Å². The van der Waals surface area contributed by atoms with Crippen molar-refractivity contribution in [1.82, 2.24) is 20.0 Å². The Kier molecular flexibility index (Phi) is 8.77. The second-order valence-electron chi connectivity index (χ2n) is 11.1. The number of nitrogens with zero attached hydrogens (tertiary/aromatic N) is 6. The lowest BCUT2D eigenvalue weighted by Gasteiger charge is -2.36. The lowest BCUT2D eigenvalue weighted by atomic mass is 10.0. The van der Waals surface area contributed by atoms with Gasteiger partial charge in [-0.05, 0) is 61.2 Å². The molecule has 6 rings (SSSR count). The highest BCUT2D eigenvalue weighted by Gasteiger charge is 2.19. The van der Waals surface area contributed by atoms with Crippen molar-refractivity contribution in [3.63, 3.8) is 0 Å². The monoisotopic (exact) mass is 565 g/mol. The summed E-state index contributed by atoms with van der Waals surface area (Å²) in [6, 6.07) is 26.1. The molecule has 0 aliphatic carbocycles. The van der Waals surface area contributed by atoms with Crippen LogP contribution in [0.25, 0.3) is 16.8 Å². The third kappa shape index (κ3) is 6.64. The number of rotatable bonds is 10. The van der Waals surface area contributed by atoms with Gasteiger partial charge < -0.3 is 15.1 Å². The van der Waals surface area contributed by atoms with Gasteiger partial charge in [-0.25, -0.2) is 4.68 Å². The highest BCUT2D eigenvalue weighted by atomic mass is 16.6. The molecule has 2 saturated heterocycles. The zero-order chi connectivity index (χ0) is 28.7. The van der Waals surface area contributed by atoms with Gasteiger partial charge in [0.05, 0.1) is 16.3 Å². The van der Waals surface area contributed by atoms with Crippen molar-refractivity contribution >= 4 is 17.1 Å². The number of hydrogen-bond acceptors (Lipinski definition) is 7. The van der Waals surface area contributed by atoms with Crippen LogP contribution >= 0.6 is 0 Å². The number of piperazine rings is 1. The van der Waals surface area contributed by atoms with Crippen molar-refractivity contribution < 1.29 is 4.92 Å². The van der Waals surface area contributed by atoms with E-state index in [1.165, 1.54) is 36.1 Å². The molecule has 3 aromatic carbocycles. The van der Waals surface area contributed by atoms with E-state index in [0.29, 0.717) is 6.54 Å². The number of para-hydroxylation sites is 1. The maximum Gasteiger partial charge on any atom is 0.269 e. The molecule has 0 spiro atoms. The van der Waals surface area contributed by atoms with Crippen molar-refractivity contribution in [1.29, 1.82) is 0 Å². The molecule has 0 bridgehead atoms. The summed E-state index contributed by atoms with van der Waals surface area (Å²) in [5.41, 5.74) is 6.97. The van der Waals surface area contributed by atoms with Crippen LogP contribution in [0.5, 0.6) is 0 Å². The Bertz CT molecular complexity index is 1460. The second kappa shape index (κ2) is 13.2. The summed E-state index contributed by atoms with van der Waals surface area (Å²) in [5, 5.41) is 19.6. The van der Waals surface area contributed by atoms with Gasteiger partial charge in [0.15, 0.2) is 0 Å². The Balaban J connectivity index is 1.08. The van der Waals surface area contributed by atoms with Gasteiger partial charge in [-0.1, -0.05) is 30.3 Å². The van der Waals surface area contributed by atoms with Crippen LogP contribution in [0.15, 0.2) is 85.1 Å². The van der Waals surface area contributed by atoms with Crippen LogP contribution < -0.4 is 15.1 Å². The summed E-state index contributed by atoms with van der Waals surface area (Å²) in [6.45, 7) is 8.56. The van der Waals surface area contributed by atoms with Gasteiger partial charge in [0.1, 0.15) is 0 Å². The number of nitrogens with one attached hydrogen (secondary N) is 1. The predicted molar refractivity (Wildman–Crippen MR) is 169 cm³/mol. The molecule has 2 aliphatic rings. The smallest absolute Gasteiger partial charge is 0.269 e. The number of benzene rings is 3. The Labute approximate surface area is 247 Å². The number of nitro groups is 1. The van der Waals surface area contributed by atoms with Gasteiger partial charge in [0, 0.05) is 94.2 Å². The number of non-ortho nitro benzene ring substituents is 1. The SMILES string of the molecule is O=[N+]([O-])c1ccc(N2CCN(CCNCc3nn(-c4ccccc4)cc3-c3cccc(N4CCCCC4)c3)CC2)cc1. The van der Waals surface area contributed by atoms with Gasteiger partial charge in [-0.15, -0.1) is 0 Å². The minimum absolute atomic E-state index is 0.134. The van der Waals surface area contributed by atoms with Crippen molar-refractivity contribution in [2.45, 2.75) is 25.8 Å². The quantitative estimate of drug-likeness (QED) is 0.158. The fourth-order valence-electron chi connectivity index (χ4n) is 5.98. The van der Waals surface area contributed by atoms with Crippen LogP contribution in [0, 0.1) is 10.1 Å². The average Bonchev–Trinajstić information content (AvgIpc) is 3.49. The fourth-order valence-corrected chi connectivity index (χ4v) is 5.98. The van der Waals surface area contributed by atoms with Crippen LogP contribution in [-0.4, -0.2) is 72.0 Å². The van der Waals surface area contributed by atoms with Crippen LogP contribution in [0.2, 0.25) is 0 Å². The van der Waals surface area contributed by atoms with Crippen LogP contribution in [0.4, 0.5) is 17.1 Å². The summed E-state index contributed by atoms with van der Waals surface area (Å²) in [5.74, 6) is 0. The third-order valence-electron chi connectivity index (χ3n) is 8.39. The molecule has 9 nitrogen and oxygen atoms in total. The first-order valence-electron chi connectivity index (χ1n) is 15.1. The Morgan fingerprint density at radius 2 is 1.48 bits per heavy atom. The van der Waals surface area contributed by atoms with Gasteiger partial charge in [-0.2, -0.15) is 5.10 Å². The van der Waals surface area contributed by atoms with Crippen molar-refractivity contribution in [2.24, 2.45) is 0 Å². The molecule has 42 heavy (non-hydrogen) atoms. The zero-order valence-electron chi connectivity index (χ0n) is 24.1. The Morgan fingerprint density at radius 1 is 0.762 bits per heavy atom. The van der Waals surface area contributed by atoms with Gasteiger partial charge in [0.2, 0.25) is 0 Å². The van der Waals surface area contributed by atoms with E-state index in [1.54, 1.807) is 12.1 Å². The van der Waals surface area contributed by atoms with Crippen LogP contribution in [0.1, 0.15) is 25.0 Å². The van der Waals surface area contributed by atoms with E-state index in [2.05, 4.69) is 62.6 Å². The molecule has 2 aliphatic heterocycles. The molecule has 1 N–H and O–H groups in total. The molecule has 3 heterocycles. The van der Waals surface area contributed by atoms with Gasteiger partial charge in [-0.3, -0.25) is 15.0 Å². The molecule has 1 aromatic heterocycles. The van der Waals surface area contributed by atoms with E-state index in [9.17, 15) is 10.1 Å². The molecule has 9 heteroatoms. The number of hydrogen-bond donors (Lipinski definition) is 1. The second-order valence-corrected chi connectivity index (χ2v) is 11.1. The van der Waals surface area contributed by atoms with Crippen LogP contribution in [-0.2, 0) is 6.54 Å². The molecule has 0 amide bonds. The molecule has 0 atom stereocenters. The topological polar surface area (TPSA) is 82.7 Å². The standard InChI is InChI=1S/C33H39N7O2/c41-40(42)30-14-12-28(13-15-30)38-22-20-36(21-23-38)19-16-34-25-33-32(26-39(35-33)29-9-3-1-4-10-29)27-8-7-11-31(24-27)37-17-5-2-6-18-37/h1,3-4,7-15,24,26,34H,2,5-6,16-23,25H2. The average molecular weight is 566 g/mol. The molecule has 0 radical (unpaired) electrons. The molecule has 0 unspecified atom stereocenters. The van der Waals surface area contributed by atoms with Crippen molar-refractivity contribution in [3.8, 4) is 16.8 Å². The molecular formula is C33H39N7O2. The summed E-state index contributed by atoms with van der Waals surface area (Å²) in [4.78, 5) is 17.9. The van der Waals surface area contributed by atoms with E-state index in [0.717, 1.165) is 69.4 Å². The molecule has 218 valence electrons. The summed E-state index contributed by atoms with van der Waals surface area (Å²) < 4.78 is 2.00. The first-order chi connectivity index (χ1) is 20.6. The van der Waals surface area contributed by atoms with Crippen molar-refractivity contribution in [2.75, 3.05) is 62.2 Å². The molecule has 0 saturated carbocycles. The lowest BCUT2D eigenvalue weighted by molar-refractivity contribution is -0.384. The van der Waals surface area contributed by atoms with E-state index < -0.39 is 0 Å². The first-order valence-corrected chi connectivity index (χ1v) is 15.1. The number of aromatic nitrogens is 2.